The van der Waals surface area contributed by atoms with Crippen molar-refractivity contribution in [3.05, 3.63) is 23.4 Å². The average Bonchev–Trinajstić information content (AvgIpc) is 2.45. The maximum atomic E-state index is 11.7. The molecule has 0 aliphatic heterocycles. The fourth-order valence-electron chi connectivity index (χ4n) is 2.17. The van der Waals surface area contributed by atoms with Crippen LogP contribution in [0.1, 0.15) is 30.9 Å². The number of carboxylic acids is 1. The molecule has 0 aromatic carbocycles. The molecule has 2 amide bonds. The van der Waals surface area contributed by atoms with Crippen LogP contribution in [0.3, 0.4) is 0 Å². The number of anilines is 1. The zero-order chi connectivity index (χ0) is 15.5. The molecule has 1 unspecified atom stereocenters. The summed E-state index contributed by atoms with van der Waals surface area (Å²) in [5, 5.41) is 23.1. The van der Waals surface area contributed by atoms with Crippen LogP contribution in [0.5, 0.6) is 0 Å². The first kappa shape index (κ1) is 15.2. The highest BCUT2D eigenvalue weighted by Gasteiger charge is 2.30. The molecule has 7 heteroatoms. The van der Waals surface area contributed by atoms with E-state index in [1.165, 1.54) is 11.1 Å². The van der Waals surface area contributed by atoms with Gasteiger partial charge in [-0.25, -0.2) is 14.6 Å². The first-order valence-corrected chi connectivity index (χ1v) is 6.87. The molecule has 4 N–H and O–H groups in total. The zero-order valence-electron chi connectivity index (χ0n) is 11.8. The summed E-state index contributed by atoms with van der Waals surface area (Å²) in [6, 6.07) is 1.24. The van der Waals surface area contributed by atoms with Crippen LogP contribution in [0, 0.1) is 0 Å². The van der Waals surface area contributed by atoms with E-state index in [-0.39, 0.29) is 6.54 Å². The Morgan fingerprint density at radius 3 is 2.67 bits per heavy atom. The molecule has 2 rings (SSSR count). The number of urea groups is 1. The standard InChI is InChI=1S/C14H19N3O4/c1-14(21,12(18)19)8-16-13(20)17-11-6-9-4-2-3-5-10(9)7-15-11/h6-7,21H,2-5,8H2,1H3,(H,18,19)(H2,15,16,17,20). The fraction of sp³-hybridized carbons (Fsp3) is 0.500. The Hall–Kier alpha value is -2.15. The number of fused-ring (bicyclic) bond motifs is 1. The van der Waals surface area contributed by atoms with Crippen LogP contribution >= 0.6 is 0 Å². The van der Waals surface area contributed by atoms with Crippen molar-refractivity contribution in [3.63, 3.8) is 0 Å². The van der Waals surface area contributed by atoms with Crippen molar-refractivity contribution >= 4 is 17.8 Å². The van der Waals surface area contributed by atoms with Gasteiger partial charge in [-0.15, -0.1) is 0 Å². The van der Waals surface area contributed by atoms with Crippen LogP contribution < -0.4 is 10.6 Å². The number of aliphatic carboxylic acids is 1. The largest absolute Gasteiger partial charge is 0.479 e. The van der Waals surface area contributed by atoms with Gasteiger partial charge in [0, 0.05) is 6.20 Å². The van der Waals surface area contributed by atoms with Crippen molar-refractivity contribution in [2.45, 2.75) is 38.2 Å². The van der Waals surface area contributed by atoms with Gasteiger partial charge >= 0.3 is 12.0 Å². The third kappa shape index (κ3) is 3.91. The number of aliphatic hydroxyl groups is 1. The van der Waals surface area contributed by atoms with E-state index in [9.17, 15) is 14.7 Å². The first-order valence-electron chi connectivity index (χ1n) is 6.87. The predicted molar refractivity (Wildman–Crippen MR) is 76.2 cm³/mol. The van der Waals surface area contributed by atoms with E-state index in [0.717, 1.165) is 32.6 Å². The zero-order valence-corrected chi connectivity index (χ0v) is 11.8. The molecule has 0 spiro atoms. The number of pyridine rings is 1. The minimum Gasteiger partial charge on any atom is -0.479 e. The topological polar surface area (TPSA) is 112 Å². The second-order valence-corrected chi connectivity index (χ2v) is 5.43. The normalized spacial score (nSPS) is 16.5. The molecule has 1 atom stereocenters. The lowest BCUT2D eigenvalue weighted by molar-refractivity contribution is -0.155. The molecule has 1 aliphatic carbocycles. The number of carbonyl (C=O) groups excluding carboxylic acids is 1. The van der Waals surface area contributed by atoms with E-state index >= 15 is 0 Å². The van der Waals surface area contributed by atoms with Gasteiger partial charge < -0.3 is 15.5 Å². The van der Waals surface area contributed by atoms with Crippen molar-refractivity contribution in [2.24, 2.45) is 0 Å². The third-order valence-electron chi connectivity index (χ3n) is 3.52. The minimum absolute atomic E-state index is 0.390. The van der Waals surface area contributed by atoms with E-state index in [2.05, 4.69) is 15.6 Å². The number of hydrogen-bond donors (Lipinski definition) is 4. The van der Waals surface area contributed by atoms with Gasteiger partial charge in [-0.1, -0.05) is 0 Å². The van der Waals surface area contributed by atoms with E-state index in [1.54, 1.807) is 6.20 Å². The van der Waals surface area contributed by atoms with E-state index in [4.69, 9.17) is 5.11 Å². The molecule has 0 radical (unpaired) electrons. The average molecular weight is 293 g/mol. The number of hydrogen-bond acceptors (Lipinski definition) is 4. The van der Waals surface area contributed by atoms with Gasteiger partial charge in [-0.2, -0.15) is 0 Å². The SMILES string of the molecule is CC(O)(CNC(=O)Nc1cc2c(cn1)CCCC2)C(=O)O. The lowest BCUT2D eigenvalue weighted by Gasteiger charge is -2.19. The molecule has 0 fully saturated rings. The van der Waals surface area contributed by atoms with Crippen LogP contribution in [0.2, 0.25) is 0 Å². The molecule has 0 saturated heterocycles. The second kappa shape index (κ2) is 6.09. The van der Waals surface area contributed by atoms with Crippen LogP contribution in [0.15, 0.2) is 12.3 Å². The van der Waals surface area contributed by atoms with Crippen molar-refractivity contribution in [3.8, 4) is 0 Å². The van der Waals surface area contributed by atoms with Crippen LogP contribution in [0.4, 0.5) is 10.6 Å². The molecule has 1 heterocycles. The summed E-state index contributed by atoms with van der Waals surface area (Å²) < 4.78 is 0. The summed E-state index contributed by atoms with van der Waals surface area (Å²) in [5.74, 6) is -0.974. The van der Waals surface area contributed by atoms with Crippen LogP contribution in [0.25, 0.3) is 0 Å². The highest BCUT2D eigenvalue weighted by atomic mass is 16.4. The monoisotopic (exact) mass is 293 g/mol. The van der Waals surface area contributed by atoms with E-state index in [1.807, 2.05) is 6.07 Å². The first-order chi connectivity index (χ1) is 9.88. The van der Waals surface area contributed by atoms with Crippen LogP contribution in [-0.2, 0) is 17.6 Å². The summed E-state index contributed by atoms with van der Waals surface area (Å²) in [6.07, 6.45) is 6.03. The quantitative estimate of drug-likeness (QED) is 0.659. The van der Waals surface area contributed by atoms with Gasteiger partial charge in [0.2, 0.25) is 0 Å². The number of carbonyl (C=O) groups is 2. The summed E-state index contributed by atoms with van der Waals surface area (Å²) in [4.78, 5) is 26.6. The molecule has 0 saturated carbocycles. The van der Waals surface area contributed by atoms with E-state index < -0.39 is 17.6 Å². The number of amides is 2. The summed E-state index contributed by atoms with van der Waals surface area (Å²) in [5.41, 5.74) is 0.394. The highest BCUT2D eigenvalue weighted by molar-refractivity contribution is 5.89. The number of aryl methyl sites for hydroxylation is 2. The number of nitrogens with zero attached hydrogens (tertiary/aromatic N) is 1. The van der Waals surface area contributed by atoms with Gasteiger partial charge in [-0.3, -0.25) is 5.32 Å². The Morgan fingerprint density at radius 1 is 1.33 bits per heavy atom. The van der Waals surface area contributed by atoms with Gasteiger partial charge in [0.05, 0.1) is 6.54 Å². The van der Waals surface area contributed by atoms with Crippen LogP contribution in [-0.4, -0.2) is 39.3 Å². The lowest BCUT2D eigenvalue weighted by Crippen LogP contribution is -2.47. The van der Waals surface area contributed by atoms with Crippen molar-refractivity contribution in [1.29, 1.82) is 0 Å². The maximum Gasteiger partial charge on any atom is 0.337 e. The van der Waals surface area contributed by atoms with Crippen molar-refractivity contribution < 1.29 is 19.8 Å². The lowest BCUT2D eigenvalue weighted by atomic mass is 9.93. The Balaban J connectivity index is 1.92. The number of nitrogens with one attached hydrogen (secondary N) is 2. The molecule has 0 bridgehead atoms. The van der Waals surface area contributed by atoms with Gasteiger partial charge in [0.25, 0.3) is 0 Å². The fourth-order valence-corrected chi connectivity index (χ4v) is 2.17. The molecule has 1 aromatic rings. The smallest absolute Gasteiger partial charge is 0.337 e. The molecule has 7 nitrogen and oxygen atoms in total. The van der Waals surface area contributed by atoms with Gasteiger partial charge in [-0.05, 0) is 49.8 Å². The molecule has 1 aliphatic rings. The van der Waals surface area contributed by atoms with Crippen molar-refractivity contribution in [2.75, 3.05) is 11.9 Å². The third-order valence-corrected chi connectivity index (χ3v) is 3.52. The maximum absolute atomic E-state index is 11.7. The van der Waals surface area contributed by atoms with Gasteiger partial charge in [0.1, 0.15) is 5.82 Å². The Labute approximate surface area is 122 Å². The summed E-state index contributed by atoms with van der Waals surface area (Å²) >= 11 is 0. The Bertz CT molecular complexity index is 557. The second-order valence-electron chi connectivity index (χ2n) is 5.43. The number of rotatable bonds is 4. The number of aromatic nitrogens is 1. The Kier molecular flexibility index (Phi) is 4.42. The van der Waals surface area contributed by atoms with Gasteiger partial charge in [0.15, 0.2) is 5.60 Å². The molecule has 21 heavy (non-hydrogen) atoms. The molecular formula is C14H19N3O4. The Morgan fingerprint density at radius 2 is 2.00 bits per heavy atom. The molecular weight excluding hydrogens is 274 g/mol. The summed E-state index contributed by atoms with van der Waals surface area (Å²) in [6.45, 7) is 0.728. The number of carboxylic acid groups (broad SMARTS) is 1. The summed E-state index contributed by atoms with van der Waals surface area (Å²) in [7, 11) is 0. The van der Waals surface area contributed by atoms with Crippen molar-refractivity contribution in [1.82, 2.24) is 10.3 Å². The molecule has 1 aromatic heterocycles. The predicted octanol–water partition coefficient (Wildman–Crippen LogP) is 0.917. The highest BCUT2D eigenvalue weighted by Crippen LogP contribution is 2.22. The molecule has 114 valence electrons. The van der Waals surface area contributed by atoms with E-state index in [0.29, 0.717) is 5.82 Å². The minimum atomic E-state index is -2.00.